The third-order valence-corrected chi connectivity index (χ3v) is 4.28. The van der Waals surface area contributed by atoms with Gasteiger partial charge in [-0.3, -0.25) is 4.99 Å². The van der Waals surface area contributed by atoms with Crippen LogP contribution in [0.25, 0.3) is 0 Å². The number of ether oxygens (including phenoxy) is 1. The molecule has 1 aromatic rings. The molecule has 0 radical (unpaired) electrons. The second kappa shape index (κ2) is 10.9. The summed E-state index contributed by atoms with van der Waals surface area (Å²) in [6.45, 7) is 10.5. The Morgan fingerprint density at radius 1 is 1.42 bits per heavy atom. The number of aryl methyl sites for hydroxylation is 2. The maximum atomic E-state index is 5.46. The molecule has 0 amide bonds. The fourth-order valence-corrected chi connectivity index (χ4v) is 2.97. The molecule has 1 aliphatic rings. The molecular formula is C17H31IN4O2. The predicted octanol–water partition coefficient (Wildman–Crippen LogP) is 2.78. The van der Waals surface area contributed by atoms with Gasteiger partial charge in [-0.1, -0.05) is 5.16 Å². The summed E-state index contributed by atoms with van der Waals surface area (Å²) in [5.74, 6) is 2.53. The second-order valence-electron chi connectivity index (χ2n) is 6.25. The van der Waals surface area contributed by atoms with Gasteiger partial charge in [-0.2, -0.15) is 0 Å². The van der Waals surface area contributed by atoms with Crippen molar-refractivity contribution in [2.45, 2.75) is 40.0 Å². The van der Waals surface area contributed by atoms with Crippen molar-refractivity contribution in [2.75, 3.05) is 39.9 Å². The van der Waals surface area contributed by atoms with E-state index in [4.69, 9.17) is 14.3 Å². The van der Waals surface area contributed by atoms with Crippen molar-refractivity contribution >= 4 is 29.9 Å². The van der Waals surface area contributed by atoms with Gasteiger partial charge in [-0.15, -0.1) is 24.0 Å². The molecule has 138 valence electrons. The van der Waals surface area contributed by atoms with Crippen LogP contribution >= 0.6 is 24.0 Å². The minimum Gasteiger partial charge on any atom is -0.381 e. The molecule has 1 aromatic heterocycles. The number of hydrogen-bond donors (Lipinski definition) is 1. The summed E-state index contributed by atoms with van der Waals surface area (Å²) in [4.78, 5) is 6.97. The summed E-state index contributed by atoms with van der Waals surface area (Å²) in [5.41, 5.74) is 2.22. The molecule has 1 unspecified atom stereocenters. The molecule has 0 aromatic carbocycles. The van der Waals surface area contributed by atoms with E-state index in [-0.39, 0.29) is 24.0 Å². The van der Waals surface area contributed by atoms with E-state index in [9.17, 15) is 0 Å². The number of guanidine groups is 1. The summed E-state index contributed by atoms with van der Waals surface area (Å²) in [5, 5.41) is 7.38. The van der Waals surface area contributed by atoms with Gasteiger partial charge < -0.3 is 19.5 Å². The Kier molecular flexibility index (Phi) is 9.65. The van der Waals surface area contributed by atoms with Crippen LogP contribution < -0.4 is 5.32 Å². The lowest BCUT2D eigenvalue weighted by atomic mass is 10.1. The van der Waals surface area contributed by atoms with E-state index in [2.05, 4.69) is 29.3 Å². The Morgan fingerprint density at radius 2 is 2.21 bits per heavy atom. The third kappa shape index (κ3) is 6.23. The average molecular weight is 450 g/mol. The Hall–Kier alpha value is -0.830. The molecule has 1 fully saturated rings. The zero-order valence-corrected chi connectivity index (χ0v) is 17.6. The molecular weight excluding hydrogens is 419 g/mol. The molecule has 24 heavy (non-hydrogen) atoms. The molecule has 1 N–H and O–H groups in total. The first kappa shape index (κ1) is 21.2. The normalized spacial score (nSPS) is 17.7. The zero-order chi connectivity index (χ0) is 16.7. The highest BCUT2D eigenvalue weighted by Gasteiger charge is 2.19. The summed E-state index contributed by atoms with van der Waals surface area (Å²) in [7, 11) is 2.11. The lowest BCUT2D eigenvalue weighted by Crippen LogP contribution is -2.41. The first-order chi connectivity index (χ1) is 11.1. The summed E-state index contributed by atoms with van der Waals surface area (Å²) < 4.78 is 10.7. The minimum absolute atomic E-state index is 0. The highest BCUT2D eigenvalue weighted by atomic mass is 127. The van der Waals surface area contributed by atoms with E-state index < -0.39 is 0 Å². The molecule has 1 atom stereocenters. The minimum atomic E-state index is 0. The van der Waals surface area contributed by atoms with Crippen LogP contribution in [0.3, 0.4) is 0 Å². The topological polar surface area (TPSA) is 62.9 Å². The zero-order valence-electron chi connectivity index (χ0n) is 15.3. The fraction of sp³-hybridized carbons (Fsp3) is 0.765. The molecule has 0 aliphatic carbocycles. The number of rotatable bonds is 7. The van der Waals surface area contributed by atoms with Crippen molar-refractivity contribution in [3.63, 3.8) is 0 Å². The van der Waals surface area contributed by atoms with Crippen molar-refractivity contribution in [1.29, 1.82) is 0 Å². The van der Waals surface area contributed by atoms with Crippen LogP contribution in [0.5, 0.6) is 0 Å². The van der Waals surface area contributed by atoms with Crippen molar-refractivity contribution in [1.82, 2.24) is 15.4 Å². The lowest BCUT2D eigenvalue weighted by molar-refractivity contribution is 0.181. The molecule has 6 nitrogen and oxygen atoms in total. The van der Waals surface area contributed by atoms with Gasteiger partial charge in [0.05, 0.1) is 12.3 Å². The molecule has 1 aliphatic heterocycles. The molecule has 2 rings (SSSR count). The molecule has 0 saturated carbocycles. The van der Waals surface area contributed by atoms with Gasteiger partial charge in [0.1, 0.15) is 5.76 Å². The number of aliphatic imine (C=N–C) groups is 1. The Balaban J connectivity index is 0.00000288. The van der Waals surface area contributed by atoms with Crippen LogP contribution in [-0.2, 0) is 11.2 Å². The van der Waals surface area contributed by atoms with Gasteiger partial charge in [-0.25, -0.2) is 0 Å². The number of hydrogen-bond acceptors (Lipinski definition) is 4. The predicted molar refractivity (Wildman–Crippen MR) is 107 cm³/mol. The van der Waals surface area contributed by atoms with Crippen molar-refractivity contribution in [2.24, 2.45) is 10.9 Å². The third-order valence-electron chi connectivity index (χ3n) is 4.28. The van der Waals surface area contributed by atoms with E-state index in [1.54, 1.807) is 0 Å². The van der Waals surface area contributed by atoms with Gasteiger partial charge in [0.2, 0.25) is 0 Å². The Bertz CT molecular complexity index is 493. The van der Waals surface area contributed by atoms with Gasteiger partial charge in [0.25, 0.3) is 0 Å². The van der Waals surface area contributed by atoms with E-state index in [1.165, 1.54) is 5.56 Å². The first-order valence-corrected chi connectivity index (χ1v) is 8.60. The van der Waals surface area contributed by atoms with Gasteiger partial charge >= 0.3 is 0 Å². The molecule has 0 bridgehead atoms. The lowest BCUT2D eigenvalue weighted by Gasteiger charge is -2.24. The summed E-state index contributed by atoms with van der Waals surface area (Å²) in [6, 6.07) is 0. The van der Waals surface area contributed by atoms with Crippen LogP contribution in [0.1, 0.15) is 36.8 Å². The van der Waals surface area contributed by atoms with Gasteiger partial charge in [-0.05, 0) is 40.0 Å². The van der Waals surface area contributed by atoms with E-state index >= 15 is 0 Å². The van der Waals surface area contributed by atoms with Crippen LogP contribution in [-0.4, -0.2) is 55.9 Å². The number of aromatic nitrogens is 1. The van der Waals surface area contributed by atoms with Crippen LogP contribution in [0.2, 0.25) is 0 Å². The van der Waals surface area contributed by atoms with Gasteiger partial charge in [0, 0.05) is 44.8 Å². The summed E-state index contributed by atoms with van der Waals surface area (Å²) in [6.07, 6.45) is 3.11. The molecule has 0 spiro atoms. The summed E-state index contributed by atoms with van der Waals surface area (Å²) >= 11 is 0. The number of nitrogens with zero attached hydrogens (tertiary/aromatic N) is 3. The van der Waals surface area contributed by atoms with E-state index in [0.717, 1.165) is 69.5 Å². The molecule has 7 heteroatoms. The quantitative estimate of drug-likeness (QED) is 0.300. The fourth-order valence-electron chi connectivity index (χ4n) is 2.97. The largest absolute Gasteiger partial charge is 0.381 e. The van der Waals surface area contributed by atoms with Gasteiger partial charge in [0.15, 0.2) is 5.96 Å². The SMILES string of the molecule is CCNC(=NCCCc1c(C)noc1C)N(C)CC1CCOC1.I. The average Bonchev–Trinajstić information content (AvgIpc) is 3.14. The first-order valence-electron chi connectivity index (χ1n) is 8.60. The van der Waals surface area contributed by atoms with E-state index in [0.29, 0.717) is 5.92 Å². The van der Waals surface area contributed by atoms with Crippen LogP contribution in [0, 0.1) is 19.8 Å². The maximum absolute atomic E-state index is 5.46. The maximum Gasteiger partial charge on any atom is 0.193 e. The van der Waals surface area contributed by atoms with E-state index in [1.807, 2.05) is 13.8 Å². The smallest absolute Gasteiger partial charge is 0.193 e. The Labute approximate surface area is 162 Å². The standard InChI is InChI=1S/C17H30N4O2.HI/c1-5-18-17(21(4)11-15-8-10-22-12-15)19-9-6-7-16-13(2)20-23-14(16)3;/h15H,5-12H2,1-4H3,(H,18,19);1H. The van der Waals surface area contributed by atoms with Crippen molar-refractivity contribution < 1.29 is 9.26 Å². The number of nitrogens with one attached hydrogen (secondary N) is 1. The van der Waals surface area contributed by atoms with Crippen LogP contribution in [0.4, 0.5) is 0 Å². The van der Waals surface area contributed by atoms with Crippen LogP contribution in [0.15, 0.2) is 9.52 Å². The molecule has 2 heterocycles. The van der Waals surface area contributed by atoms with Crippen molar-refractivity contribution in [3.05, 3.63) is 17.0 Å². The Morgan fingerprint density at radius 3 is 2.79 bits per heavy atom. The highest BCUT2D eigenvalue weighted by molar-refractivity contribution is 14.0. The number of halogens is 1. The molecule has 1 saturated heterocycles. The second-order valence-corrected chi connectivity index (χ2v) is 6.25. The van der Waals surface area contributed by atoms with Crippen molar-refractivity contribution in [3.8, 4) is 0 Å². The highest BCUT2D eigenvalue weighted by Crippen LogP contribution is 2.15. The monoisotopic (exact) mass is 450 g/mol.